The van der Waals surface area contributed by atoms with Gasteiger partial charge in [0.05, 0.1) is 0 Å². The van der Waals surface area contributed by atoms with E-state index in [1.54, 1.807) is 0 Å². The summed E-state index contributed by atoms with van der Waals surface area (Å²) >= 11 is 19.5. The zero-order valence-electron chi connectivity index (χ0n) is 14.3. The van der Waals surface area contributed by atoms with Crippen LogP contribution in [0.15, 0.2) is 91.0 Å². The molecule has 132 valence electrons. The van der Waals surface area contributed by atoms with Crippen LogP contribution < -0.4 is 0 Å². The summed E-state index contributed by atoms with van der Waals surface area (Å²) in [6.07, 6.45) is 0. The first-order valence-electron chi connectivity index (χ1n) is 8.54. The zero-order valence-corrected chi connectivity index (χ0v) is 16.6. The van der Waals surface area contributed by atoms with Gasteiger partial charge in [-0.1, -0.05) is 102 Å². The van der Waals surface area contributed by atoms with Crippen LogP contribution in [0.4, 0.5) is 0 Å². The molecule has 4 rings (SSSR count). The van der Waals surface area contributed by atoms with E-state index < -0.39 is 0 Å². The standard InChI is InChI=1S/C24H15Cl3/c25-18-10-6-9-17(15-18)19-13-14-22(27)23(16-7-2-1-3-8-16)24(19)20-11-4-5-12-21(20)26/h1-15H. The molecule has 0 saturated carbocycles. The van der Waals surface area contributed by atoms with Crippen LogP contribution in [-0.2, 0) is 0 Å². The SMILES string of the molecule is Clc1cccc(-c2ccc(Cl)c(-c3ccccc3)c2-c2ccccc2Cl)c1. The summed E-state index contributed by atoms with van der Waals surface area (Å²) in [5.41, 5.74) is 6.00. The zero-order chi connectivity index (χ0) is 18.8. The normalized spacial score (nSPS) is 10.8. The number of hydrogen-bond acceptors (Lipinski definition) is 0. The molecule has 0 aliphatic carbocycles. The Balaban J connectivity index is 2.11. The fourth-order valence-corrected chi connectivity index (χ4v) is 3.99. The quantitative estimate of drug-likeness (QED) is 0.317. The maximum absolute atomic E-state index is 6.69. The molecule has 0 heterocycles. The van der Waals surface area contributed by atoms with Crippen molar-refractivity contribution in [2.45, 2.75) is 0 Å². The van der Waals surface area contributed by atoms with E-state index in [4.69, 9.17) is 34.8 Å². The van der Waals surface area contributed by atoms with Crippen LogP contribution in [0, 0.1) is 0 Å². The van der Waals surface area contributed by atoms with Crippen molar-refractivity contribution in [2.24, 2.45) is 0 Å². The molecule has 0 aromatic heterocycles. The highest BCUT2D eigenvalue weighted by Gasteiger charge is 2.19. The van der Waals surface area contributed by atoms with Crippen LogP contribution in [-0.4, -0.2) is 0 Å². The molecule has 4 aromatic rings. The van der Waals surface area contributed by atoms with Gasteiger partial charge in [0.25, 0.3) is 0 Å². The molecule has 0 saturated heterocycles. The van der Waals surface area contributed by atoms with Crippen LogP contribution in [0.25, 0.3) is 33.4 Å². The molecule has 0 aliphatic heterocycles. The second-order valence-corrected chi connectivity index (χ2v) is 7.45. The van der Waals surface area contributed by atoms with Crippen molar-refractivity contribution in [1.29, 1.82) is 0 Å². The van der Waals surface area contributed by atoms with Crippen molar-refractivity contribution in [3.63, 3.8) is 0 Å². The van der Waals surface area contributed by atoms with E-state index in [0.29, 0.717) is 15.1 Å². The minimum atomic E-state index is 0.681. The molecule has 0 amide bonds. The van der Waals surface area contributed by atoms with Gasteiger partial charge in [0.15, 0.2) is 0 Å². The van der Waals surface area contributed by atoms with E-state index >= 15 is 0 Å². The van der Waals surface area contributed by atoms with Crippen LogP contribution in [0.1, 0.15) is 0 Å². The lowest BCUT2D eigenvalue weighted by Crippen LogP contribution is -1.92. The molecule has 27 heavy (non-hydrogen) atoms. The Morgan fingerprint density at radius 1 is 0.444 bits per heavy atom. The van der Waals surface area contributed by atoms with Gasteiger partial charge in [-0.3, -0.25) is 0 Å². The van der Waals surface area contributed by atoms with E-state index in [-0.39, 0.29) is 0 Å². The molecule has 0 spiro atoms. The minimum absolute atomic E-state index is 0.681. The van der Waals surface area contributed by atoms with Gasteiger partial charge in [0.1, 0.15) is 0 Å². The topological polar surface area (TPSA) is 0 Å². The predicted octanol–water partition coefficient (Wildman–Crippen LogP) is 8.65. The highest BCUT2D eigenvalue weighted by Crippen LogP contribution is 2.46. The average molecular weight is 410 g/mol. The maximum atomic E-state index is 6.69. The summed E-state index contributed by atoms with van der Waals surface area (Å²) < 4.78 is 0. The summed E-state index contributed by atoms with van der Waals surface area (Å²) in [5.74, 6) is 0. The number of hydrogen-bond donors (Lipinski definition) is 0. The van der Waals surface area contributed by atoms with Gasteiger partial charge in [-0.2, -0.15) is 0 Å². The fraction of sp³-hybridized carbons (Fsp3) is 0. The van der Waals surface area contributed by atoms with Crippen molar-refractivity contribution in [1.82, 2.24) is 0 Å². The van der Waals surface area contributed by atoms with Crippen molar-refractivity contribution >= 4 is 34.8 Å². The van der Waals surface area contributed by atoms with E-state index in [1.807, 2.05) is 78.9 Å². The largest absolute Gasteiger partial charge is 0.0843 e. The molecule has 0 aliphatic rings. The molecular weight excluding hydrogens is 395 g/mol. The lowest BCUT2D eigenvalue weighted by atomic mass is 9.87. The highest BCUT2D eigenvalue weighted by atomic mass is 35.5. The first kappa shape index (κ1) is 18.1. The van der Waals surface area contributed by atoms with E-state index in [0.717, 1.165) is 33.4 Å². The van der Waals surface area contributed by atoms with Gasteiger partial charge >= 0.3 is 0 Å². The monoisotopic (exact) mass is 408 g/mol. The Morgan fingerprint density at radius 2 is 1.15 bits per heavy atom. The van der Waals surface area contributed by atoms with Crippen molar-refractivity contribution < 1.29 is 0 Å². The summed E-state index contributed by atoms with van der Waals surface area (Å²) in [6.45, 7) is 0. The van der Waals surface area contributed by atoms with Gasteiger partial charge in [-0.25, -0.2) is 0 Å². The van der Waals surface area contributed by atoms with Crippen LogP contribution in [0.5, 0.6) is 0 Å². The first-order valence-corrected chi connectivity index (χ1v) is 9.67. The van der Waals surface area contributed by atoms with Crippen LogP contribution in [0.2, 0.25) is 15.1 Å². The van der Waals surface area contributed by atoms with Crippen LogP contribution in [0.3, 0.4) is 0 Å². The third-order valence-corrected chi connectivity index (χ3v) is 5.38. The molecule has 0 bridgehead atoms. The van der Waals surface area contributed by atoms with Gasteiger partial charge in [0.2, 0.25) is 0 Å². The summed E-state index contributed by atoms with van der Waals surface area (Å²) in [4.78, 5) is 0. The molecule has 3 heteroatoms. The first-order chi connectivity index (χ1) is 13.1. The number of halogens is 3. The van der Waals surface area contributed by atoms with E-state index in [9.17, 15) is 0 Å². The summed E-state index contributed by atoms with van der Waals surface area (Å²) in [6, 6.07) is 29.7. The Labute approximate surface area is 174 Å². The third-order valence-electron chi connectivity index (χ3n) is 4.50. The lowest BCUT2D eigenvalue weighted by Gasteiger charge is -2.19. The smallest absolute Gasteiger partial charge is 0.0491 e. The number of benzene rings is 4. The minimum Gasteiger partial charge on any atom is -0.0843 e. The average Bonchev–Trinajstić information content (AvgIpc) is 2.69. The van der Waals surface area contributed by atoms with Gasteiger partial charge in [-0.15, -0.1) is 0 Å². The molecule has 0 nitrogen and oxygen atoms in total. The third kappa shape index (κ3) is 3.61. The van der Waals surface area contributed by atoms with E-state index in [1.165, 1.54) is 0 Å². The highest BCUT2D eigenvalue weighted by molar-refractivity contribution is 6.36. The lowest BCUT2D eigenvalue weighted by molar-refractivity contribution is 1.56. The van der Waals surface area contributed by atoms with Gasteiger partial charge in [0, 0.05) is 31.8 Å². The van der Waals surface area contributed by atoms with Gasteiger partial charge in [-0.05, 0) is 41.0 Å². The molecule has 0 fully saturated rings. The van der Waals surface area contributed by atoms with Gasteiger partial charge < -0.3 is 0 Å². The second-order valence-electron chi connectivity index (χ2n) is 6.20. The summed E-state index contributed by atoms with van der Waals surface area (Å²) in [7, 11) is 0. The molecule has 0 N–H and O–H groups in total. The molecule has 0 radical (unpaired) electrons. The Morgan fingerprint density at radius 3 is 1.89 bits per heavy atom. The van der Waals surface area contributed by atoms with Crippen molar-refractivity contribution in [2.75, 3.05) is 0 Å². The van der Waals surface area contributed by atoms with E-state index in [2.05, 4.69) is 12.1 Å². The van der Waals surface area contributed by atoms with Crippen molar-refractivity contribution in [3.8, 4) is 33.4 Å². The summed E-state index contributed by atoms with van der Waals surface area (Å²) in [5, 5.41) is 2.05. The maximum Gasteiger partial charge on any atom is 0.0491 e. The Kier molecular flexibility index (Phi) is 5.22. The molecule has 4 aromatic carbocycles. The Hall–Kier alpha value is -2.25. The molecule has 0 unspecified atom stereocenters. The molecular formula is C24H15Cl3. The molecule has 0 atom stereocenters. The Bertz CT molecular complexity index is 1100. The second kappa shape index (κ2) is 7.78. The predicted molar refractivity (Wildman–Crippen MR) is 118 cm³/mol. The number of rotatable bonds is 3. The van der Waals surface area contributed by atoms with Crippen LogP contribution >= 0.6 is 34.8 Å². The van der Waals surface area contributed by atoms with Crippen molar-refractivity contribution in [3.05, 3.63) is 106 Å². The fourth-order valence-electron chi connectivity index (χ4n) is 3.30.